The van der Waals surface area contributed by atoms with Crippen LogP contribution in [0.1, 0.15) is 52.4 Å². The lowest BCUT2D eigenvalue weighted by atomic mass is 9.75. The molecule has 0 bridgehead atoms. The fourth-order valence-corrected chi connectivity index (χ4v) is 4.88. The molecule has 2 unspecified atom stereocenters. The lowest BCUT2D eigenvalue weighted by Crippen LogP contribution is -2.47. The van der Waals surface area contributed by atoms with E-state index in [1.165, 1.54) is 25.7 Å². The van der Waals surface area contributed by atoms with Crippen LogP contribution in [0, 0.1) is 5.41 Å². The van der Waals surface area contributed by atoms with E-state index in [0.717, 1.165) is 45.1 Å². The number of hydrogen-bond acceptors (Lipinski definition) is 3. The molecule has 1 saturated carbocycles. The molecule has 0 aromatic carbocycles. The highest BCUT2D eigenvalue weighted by Crippen LogP contribution is 2.38. The average Bonchev–Trinajstić information content (AvgIpc) is 3.23. The Balaban J connectivity index is 1.49. The predicted octanol–water partition coefficient (Wildman–Crippen LogP) is 2.72. The van der Waals surface area contributed by atoms with Crippen LogP contribution in [0.4, 0.5) is 4.79 Å². The van der Waals surface area contributed by atoms with Gasteiger partial charge in [-0.1, -0.05) is 13.8 Å². The zero-order chi connectivity index (χ0) is 18.2. The van der Waals surface area contributed by atoms with Crippen molar-refractivity contribution in [2.24, 2.45) is 5.41 Å². The molecule has 0 N–H and O–H groups in total. The minimum absolute atomic E-state index is 0.237. The van der Waals surface area contributed by atoms with Gasteiger partial charge in [0.2, 0.25) is 0 Å². The first-order chi connectivity index (χ1) is 11.8. The number of rotatable bonds is 3. The summed E-state index contributed by atoms with van der Waals surface area (Å²) in [5.74, 6) is 0. The molecule has 3 rings (SSSR count). The highest BCUT2D eigenvalue weighted by Gasteiger charge is 2.37. The number of hydrogen-bond donors (Lipinski definition) is 0. The van der Waals surface area contributed by atoms with E-state index >= 15 is 0 Å². The molecule has 2 atom stereocenters. The van der Waals surface area contributed by atoms with Gasteiger partial charge in [-0.05, 0) is 58.0 Å². The molecule has 0 aromatic heterocycles. The smallest absolute Gasteiger partial charge is 0.320 e. The third kappa shape index (κ3) is 4.30. The number of carbonyl (C=O) groups is 1. The molecule has 2 amide bonds. The van der Waals surface area contributed by atoms with E-state index in [-0.39, 0.29) is 6.03 Å². The Hall–Kier alpha value is -0.810. The third-order valence-electron chi connectivity index (χ3n) is 7.03. The lowest BCUT2D eigenvalue weighted by molar-refractivity contribution is 0.116. The molecular formula is C20H38N4O. The zero-order valence-electron chi connectivity index (χ0n) is 17.0. The van der Waals surface area contributed by atoms with Crippen molar-refractivity contribution in [3.05, 3.63) is 0 Å². The fourth-order valence-electron chi connectivity index (χ4n) is 4.88. The summed E-state index contributed by atoms with van der Waals surface area (Å²) >= 11 is 0. The Labute approximate surface area is 154 Å². The predicted molar refractivity (Wildman–Crippen MR) is 103 cm³/mol. The lowest BCUT2D eigenvalue weighted by Gasteiger charge is -2.39. The first-order valence-corrected chi connectivity index (χ1v) is 10.2. The van der Waals surface area contributed by atoms with Crippen molar-refractivity contribution in [1.82, 2.24) is 19.6 Å². The van der Waals surface area contributed by atoms with Crippen molar-refractivity contribution in [2.75, 3.05) is 47.3 Å². The molecule has 5 heteroatoms. The van der Waals surface area contributed by atoms with Crippen LogP contribution in [0.2, 0.25) is 0 Å². The van der Waals surface area contributed by atoms with E-state index in [2.05, 4.69) is 42.6 Å². The van der Waals surface area contributed by atoms with Crippen molar-refractivity contribution >= 4 is 6.03 Å². The second-order valence-corrected chi connectivity index (χ2v) is 9.58. The van der Waals surface area contributed by atoms with Crippen molar-refractivity contribution in [3.8, 4) is 0 Å². The molecule has 0 radical (unpaired) electrons. The van der Waals surface area contributed by atoms with Crippen molar-refractivity contribution in [1.29, 1.82) is 0 Å². The molecule has 5 nitrogen and oxygen atoms in total. The Bertz CT molecular complexity index is 468. The van der Waals surface area contributed by atoms with Crippen LogP contribution in [0.15, 0.2) is 0 Å². The molecule has 2 saturated heterocycles. The van der Waals surface area contributed by atoms with Gasteiger partial charge in [-0.25, -0.2) is 4.79 Å². The van der Waals surface area contributed by atoms with Crippen molar-refractivity contribution < 1.29 is 4.79 Å². The highest BCUT2D eigenvalue weighted by molar-refractivity contribution is 5.75. The van der Waals surface area contributed by atoms with Crippen LogP contribution in [0.5, 0.6) is 0 Å². The molecule has 0 spiro atoms. The van der Waals surface area contributed by atoms with E-state index in [9.17, 15) is 4.79 Å². The fraction of sp³-hybridized carbons (Fsp3) is 0.950. The standard InChI is InChI=1S/C20H38N4O/c1-20(2)10-6-16(7-11-20)23-12-9-18(15-23)22(5)19(25)24-13-8-17(14-24)21(3)4/h16-18H,6-15H2,1-5H3. The maximum Gasteiger partial charge on any atom is 0.320 e. The monoisotopic (exact) mass is 350 g/mol. The van der Waals surface area contributed by atoms with Gasteiger partial charge in [-0.3, -0.25) is 4.90 Å². The van der Waals surface area contributed by atoms with Gasteiger partial charge in [0.25, 0.3) is 0 Å². The summed E-state index contributed by atoms with van der Waals surface area (Å²) < 4.78 is 0. The summed E-state index contributed by atoms with van der Waals surface area (Å²) in [7, 11) is 6.24. The quantitative estimate of drug-likeness (QED) is 0.784. The summed E-state index contributed by atoms with van der Waals surface area (Å²) in [6, 6.07) is 1.89. The van der Waals surface area contributed by atoms with Gasteiger partial charge >= 0.3 is 6.03 Å². The van der Waals surface area contributed by atoms with Crippen LogP contribution in [0.25, 0.3) is 0 Å². The minimum Gasteiger partial charge on any atom is -0.323 e. The minimum atomic E-state index is 0.237. The van der Waals surface area contributed by atoms with Gasteiger partial charge in [0.1, 0.15) is 0 Å². The summed E-state index contributed by atoms with van der Waals surface area (Å²) in [4.78, 5) is 21.9. The second-order valence-electron chi connectivity index (χ2n) is 9.58. The van der Waals surface area contributed by atoms with Crippen LogP contribution >= 0.6 is 0 Å². The van der Waals surface area contributed by atoms with Gasteiger partial charge in [-0.2, -0.15) is 0 Å². The van der Waals surface area contributed by atoms with Crippen LogP contribution in [-0.4, -0.2) is 91.1 Å². The van der Waals surface area contributed by atoms with Crippen molar-refractivity contribution in [2.45, 2.75) is 70.5 Å². The highest BCUT2D eigenvalue weighted by atomic mass is 16.2. The number of likely N-dealkylation sites (tertiary alicyclic amines) is 2. The molecule has 1 aliphatic carbocycles. The molecule has 2 heterocycles. The average molecular weight is 351 g/mol. The van der Waals surface area contributed by atoms with E-state index in [4.69, 9.17) is 0 Å². The molecule has 0 aromatic rings. The Morgan fingerprint density at radius 2 is 1.56 bits per heavy atom. The van der Waals surface area contributed by atoms with E-state index in [1.807, 2.05) is 11.9 Å². The van der Waals surface area contributed by atoms with Crippen molar-refractivity contribution in [3.63, 3.8) is 0 Å². The van der Waals surface area contributed by atoms with Gasteiger partial charge in [0.05, 0.1) is 0 Å². The SMILES string of the molecule is CN(C)C1CCN(C(=O)N(C)C2CCN(C3CCC(C)(C)CC3)C2)C1. The van der Waals surface area contributed by atoms with Crippen LogP contribution in [0.3, 0.4) is 0 Å². The molecule has 2 aliphatic heterocycles. The van der Waals surface area contributed by atoms with E-state index in [0.29, 0.717) is 17.5 Å². The van der Waals surface area contributed by atoms with Gasteiger partial charge < -0.3 is 14.7 Å². The number of likely N-dealkylation sites (N-methyl/N-ethyl adjacent to an activating group) is 2. The van der Waals surface area contributed by atoms with E-state index < -0.39 is 0 Å². The number of urea groups is 1. The first kappa shape index (κ1) is 19.0. The van der Waals surface area contributed by atoms with Crippen LogP contribution in [-0.2, 0) is 0 Å². The molecule has 3 aliphatic rings. The zero-order valence-corrected chi connectivity index (χ0v) is 17.0. The molecule has 25 heavy (non-hydrogen) atoms. The number of carbonyl (C=O) groups excluding carboxylic acids is 1. The number of amides is 2. The Kier molecular flexibility index (Phi) is 5.64. The topological polar surface area (TPSA) is 30.0 Å². The Morgan fingerprint density at radius 3 is 2.16 bits per heavy atom. The molecule has 3 fully saturated rings. The Morgan fingerprint density at radius 1 is 0.920 bits per heavy atom. The summed E-state index contributed by atoms with van der Waals surface area (Å²) in [6.45, 7) is 8.81. The van der Waals surface area contributed by atoms with Gasteiger partial charge in [-0.15, -0.1) is 0 Å². The summed E-state index contributed by atoms with van der Waals surface area (Å²) in [6.07, 6.45) is 7.57. The summed E-state index contributed by atoms with van der Waals surface area (Å²) in [5.41, 5.74) is 0.529. The maximum atomic E-state index is 12.9. The van der Waals surface area contributed by atoms with Crippen LogP contribution < -0.4 is 0 Å². The summed E-state index contributed by atoms with van der Waals surface area (Å²) in [5, 5.41) is 0. The third-order valence-corrected chi connectivity index (χ3v) is 7.03. The second kappa shape index (κ2) is 7.43. The van der Waals surface area contributed by atoms with E-state index in [1.54, 1.807) is 0 Å². The molecular weight excluding hydrogens is 312 g/mol. The number of nitrogens with zero attached hydrogens (tertiary/aromatic N) is 4. The largest absolute Gasteiger partial charge is 0.323 e. The molecule has 144 valence electrons. The van der Waals surface area contributed by atoms with Gasteiger partial charge in [0, 0.05) is 51.4 Å². The maximum absolute atomic E-state index is 12.9. The van der Waals surface area contributed by atoms with Gasteiger partial charge in [0.15, 0.2) is 0 Å². The normalized spacial score (nSPS) is 31.0. The first-order valence-electron chi connectivity index (χ1n) is 10.2.